The fraction of sp³-hybridized carbons (Fsp3) is 0.906. The van der Waals surface area contributed by atoms with Crippen LogP contribution in [0.3, 0.4) is 0 Å². The molecule has 5 rings (SSSR count). The molecule has 5 aliphatic rings. The lowest BCUT2D eigenvalue weighted by Crippen LogP contribution is -2.66. The average molecular weight is 469 g/mol. The maximum atomic E-state index is 11.9. The van der Waals surface area contributed by atoms with Crippen LogP contribution >= 0.6 is 0 Å². The zero-order valence-electron chi connectivity index (χ0n) is 23.8. The summed E-state index contributed by atoms with van der Waals surface area (Å²) in [6.45, 7) is 22.0. The molecule has 4 fully saturated rings. The van der Waals surface area contributed by atoms with Gasteiger partial charge >= 0.3 is 5.97 Å². The number of fused-ring (bicyclic) bond motifs is 7. The molecule has 5 aliphatic carbocycles. The fourth-order valence-electron chi connectivity index (χ4n) is 11.0. The Morgan fingerprint density at radius 1 is 0.765 bits per heavy atom. The lowest BCUT2D eigenvalue weighted by Gasteiger charge is -2.72. The molecular formula is C32H52O2. The van der Waals surface area contributed by atoms with E-state index < -0.39 is 0 Å². The minimum absolute atomic E-state index is 0.0544. The summed E-state index contributed by atoms with van der Waals surface area (Å²) in [5, 5.41) is 0. The Labute approximate surface area is 210 Å². The largest absolute Gasteiger partial charge is 0.462 e. The standard InChI is InChI=1S/C32H52O2/c1-21(33)34-26-13-14-30(7)24(28(26,4)5)12-15-32(9)25(30)11-10-22-23-20-27(2,3)16-17-29(23,6)18-19-31(22,32)8/h20,22,24-26H,10-19H2,1-9H3/t22-,24-,25+,26-,29-,30+,31+,32-/m1/s1. The van der Waals surface area contributed by atoms with Gasteiger partial charge in [-0.15, -0.1) is 0 Å². The molecule has 2 heteroatoms. The highest BCUT2D eigenvalue weighted by Gasteiger charge is 2.69. The van der Waals surface area contributed by atoms with Crippen molar-refractivity contribution in [2.75, 3.05) is 0 Å². The Balaban J connectivity index is 1.51. The van der Waals surface area contributed by atoms with Gasteiger partial charge in [0, 0.05) is 12.3 Å². The number of hydrogen-bond acceptors (Lipinski definition) is 2. The second-order valence-corrected chi connectivity index (χ2v) is 15.7. The average Bonchev–Trinajstić information content (AvgIpc) is 2.72. The summed E-state index contributed by atoms with van der Waals surface area (Å²) in [5.41, 5.74) is 3.85. The van der Waals surface area contributed by atoms with Crippen LogP contribution in [0.4, 0.5) is 0 Å². The van der Waals surface area contributed by atoms with Gasteiger partial charge in [-0.25, -0.2) is 0 Å². The fourth-order valence-corrected chi connectivity index (χ4v) is 11.0. The van der Waals surface area contributed by atoms with Gasteiger partial charge in [0.05, 0.1) is 0 Å². The molecule has 0 heterocycles. The van der Waals surface area contributed by atoms with E-state index in [1.54, 1.807) is 6.92 Å². The molecule has 0 radical (unpaired) electrons. The third kappa shape index (κ3) is 3.21. The predicted molar refractivity (Wildman–Crippen MR) is 140 cm³/mol. The van der Waals surface area contributed by atoms with Crippen LogP contribution in [0.15, 0.2) is 11.6 Å². The van der Waals surface area contributed by atoms with Crippen LogP contribution in [-0.4, -0.2) is 12.1 Å². The Morgan fingerprint density at radius 2 is 1.44 bits per heavy atom. The number of rotatable bonds is 1. The van der Waals surface area contributed by atoms with Crippen molar-refractivity contribution in [3.63, 3.8) is 0 Å². The molecule has 0 aliphatic heterocycles. The van der Waals surface area contributed by atoms with Crippen LogP contribution in [0, 0.1) is 50.2 Å². The third-order valence-corrected chi connectivity index (χ3v) is 13.2. The van der Waals surface area contributed by atoms with Gasteiger partial charge < -0.3 is 4.74 Å². The first kappa shape index (κ1) is 24.9. The van der Waals surface area contributed by atoms with Crippen molar-refractivity contribution in [2.45, 2.75) is 133 Å². The van der Waals surface area contributed by atoms with Crippen LogP contribution < -0.4 is 0 Å². The van der Waals surface area contributed by atoms with Crippen LogP contribution in [0.25, 0.3) is 0 Å². The Morgan fingerprint density at radius 3 is 2.12 bits per heavy atom. The first-order chi connectivity index (χ1) is 15.6. The minimum atomic E-state index is -0.107. The molecule has 2 nitrogen and oxygen atoms in total. The molecule has 34 heavy (non-hydrogen) atoms. The molecule has 0 aromatic rings. The van der Waals surface area contributed by atoms with Crippen LogP contribution in [0.5, 0.6) is 0 Å². The Kier molecular flexibility index (Phi) is 5.40. The van der Waals surface area contributed by atoms with Crippen LogP contribution in [0.1, 0.15) is 127 Å². The van der Waals surface area contributed by atoms with E-state index in [0.717, 1.165) is 18.3 Å². The zero-order chi connectivity index (χ0) is 24.9. The van der Waals surface area contributed by atoms with Crippen LogP contribution in [-0.2, 0) is 9.53 Å². The van der Waals surface area contributed by atoms with Gasteiger partial charge in [-0.2, -0.15) is 0 Å². The van der Waals surface area contributed by atoms with Crippen LogP contribution in [0.2, 0.25) is 0 Å². The van der Waals surface area contributed by atoms with E-state index in [9.17, 15) is 4.79 Å². The summed E-state index contributed by atoms with van der Waals surface area (Å²) < 4.78 is 5.91. The van der Waals surface area contributed by atoms with Crippen molar-refractivity contribution in [3.8, 4) is 0 Å². The molecule has 0 aromatic carbocycles. The van der Waals surface area contributed by atoms with Crippen molar-refractivity contribution in [1.82, 2.24) is 0 Å². The second kappa shape index (κ2) is 7.38. The Hall–Kier alpha value is -0.790. The van der Waals surface area contributed by atoms with Gasteiger partial charge in [-0.05, 0) is 109 Å². The zero-order valence-corrected chi connectivity index (χ0v) is 23.8. The summed E-state index contributed by atoms with van der Waals surface area (Å²) >= 11 is 0. The smallest absolute Gasteiger partial charge is 0.302 e. The first-order valence-electron chi connectivity index (χ1n) is 14.5. The molecule has 0 aromatic heterocycles. The molecule has 8 atom stereocenters. The number of hydrogen-bond donors (Lipinski definition) is 0. The van der Waals surface area contributed by atoms with Gasteiger partial charge in [-0.3, -0.25) is 4.79 Å². The van der Waals surface area contributed by atoms with E-state index in [0.29, 0.717) is 33.0 Å². The van der Waals surface area contributed by atoms with Crippen molar-refractivity contribution < 1.29 is 9.53 Å². The van der Waals surface area contributed by atoms with E-state index >= 15 is 0 Å². The minimum Gasteiger partial charge on any atom is -0.462 e. The van der Waals surface area contributed by atoms with Crippen molar-refractivity contribution in [1.29, 1.82) is 0 Å². The molecule has 0 N–H and O–H groups in total. The van der Waals surface area contributed by atoms with Gasteiger partial charge in [0.1, 0.15) is 6.10 Å². The second-order valence-electron chi connectivity index (χ2n) is 15.7. The maximum Gasteiger partial charge on any atom is 0.302 e. The van der Waals surface area contributed by atoms with Crippen molar-refractivity contribution >= 4 is 5.97 Å². The predicted octanol–water partition coefficient (Wildman–Crippen LogP) is 8.74. The van der Waals surface area contributed by atoms with Gasteiger partial charge in [-0.1, -0.05) is 67.0 Å². The highest BCUT2D eigenvalue weighted by molar-refractivity contribution is 5.66. The molecular weight excluding hydrogens is 416 g/mol. The quantitative estimate of drug-likeness (QED) is 0.284. The van der Waals surface area contributed by atoms with Gasteiger partial charge in [0.2, 0.25) is 0 Å². The molecule has 192 valence electrons. The molecule has 0 bridgehead atoms. The van der Waals surface area contributed by atoms with Gasteiger partial charge in [0.25, 0.3) is 0 Å². The lowest BCUT2D eigenvalue weighted by molar-refractivity contribution is -0.233. The van der Waals surface area contributed by atoms with E-state index in [4.69, 9.17) is 4.74 Å². The highest BCUT2D eigenvalue weighted by Crippen LogP contribution is 2.76. The summed E-state index contributed by atoms with van der Waals surface area (Å²) in [7, 11) is 0. The molecule has 0 amide bonds. The number of carbonyl (C=O) groups is 1. The van der Waals surface area contributed by atoms with Crippen molar-refractivity contribution in [2.24, 2.45) is 50.2 Å². The van der Waals surface area contributed by atoms with E-state index in [2.05, 4.69) is 61.5 Å². The molecule has 0 unspecified atom stereocenters. The summed E-state index contributed by atoms with van der Waals surface area (Å²) in [6.07, 6.45) is 16.0. The van der Waals surface area contributed by atoms with E-state index in [1.807, 2.05) is 5.57 Å². The molecule has 0 spiro atoms. The van der Waals surface area contributed by atoms with E-state index in [-0.39, 0.29) is 17.5 Å². The number of allylic oxidation sites excluding steroid dienone is 2. The Bertz CT molecular complexity index is 897. The number of carbonyl (C=O) groups excluding carboxylic acids is 1. The van der Waals surface area contributed by atoms with Crippen molar-refractivity contribution in [3.05, 3.63) is 11.6 Å². The monoisotopic (exact) mass is 468 g/mol. The topological polar surface area (TPSA) is 26.3 Å². The van der Waals surface area contributed by atoms with Gasteiger partial charge in [0.15, 0.2) is 0 Å². The first-order valence-corrected chi connectivity index (χ1v) is 14.5. The summed E-state index contributed by atoms with van der Waals surface area (Å²) in [4.78, 5) is 11.9. The molecule has 4 saturated carbocycles. The number of esters is 1. The summed E-state index contributed by atoms with van der Waals surface area (Å²) in [6, 6.07) is 0. The lowest BCUT2D eigenvalue weighted by atomic mass is 9.32. The summed E-state index contributed by atoms with van der Waals surface area (Å²) in [5.74, 6) is 2.07. The highest BCUT2D eigenvalue weighted by atomic mass is 16.5. The SMILES string of the molecule is CC(=O)O[C@@H]1CC[C@@]2(C)[C@H](CC[C@]3(C)[C@H]2CC[C@@H]2C4=CC(C)(C)CC[C@]4(C)CC[C@@]23C)C1(C)C. The number of ether oxygens (including phenoxy) is 1. The third-order valence-electron chi connectivity index (χ3n) is 13.2. The molecule has 0 saturated heterocycles. The maximum absolute atomic E-state index is 11.9. The normalized spacial score (nSPS) is 51.1. The van der Waals surface area contributed by atoms with E-state index in [1.165, 1.54) is 57.8 Å².